The maximum Gasteiger partial charge on any atom is 0.339 e. The molecule has 1 aromatic carbocycles. The van der Waals surface area contributed by atoms with Crippen molar-refractivity contribution in [2.24, 2.45) is 0 Å². The summed E-state index contributed by atoms with van der Waals surface area (Å²) in [4.78, 5) is 24.5. The van der Waals surface area contributed by atoms with Gasteiger partial charge in [0.2, 0.25) is 0 Å². The molecule has 0 aromatic heterocycles. The molecule has 1 atom stereocenters. The Balaban J connectivity index is 1.65. The van der Waals surface area contributed by atoms with Crippen LogP contribution in [0, 0.1) is 0 Å². The lowest BCUT2D eigenvalue weighted by atomic mass is 10.2. The van der Waals surface area contributed by atoms with Gasteiger partial charge in [-0.05, 0) is 31.9 Å². The minimum absolute atomic E-state index is 0.182. The predicted molar refractivity (Wildman–Crippen MR) is 92.3 cm³/mol. The van der Waals surface area contributed by atoms with Gasteiger partial charge in [-0.15, -0.1) is 0 Å². The van der Waals surface area contributed by atoms with Crippen LogP contribution in [-0.4, -0.2) is 37.2 Å². The third kappa shape index (κ3) is 4.37. The minimum atomic E-state index is -0.872. The lowest BCUT2D eigenvalue weighted by Gasteiger charge is -2.17. The zero-order valence-corrected chi connectivity index (χ0v) is 14.9. The van der Waals surface area contributed by atoms with E-state index >= 15 is 0 Å². The first-order valence-electron chi connectivity index (χ1n) is 8.65. The van der Waals surface area contributed by atoms with E-state index in [0.717, 1.165) is 32.1 Å². The number of hydrogen-bond acceptors (Lipinski definition) is 5. The van der Waals surface area contributed by atoms with Crippen molar-refractivity contribution >= 4 is 23.5 Å². The normalized spacial score (nSPS) is 18.3. The Bertz CT molecular complexity index is 657. The zero-order valence-electron chi connectivity index (χ0n) is 14.2. The average molecular weight is 368 g/mol. The van der Waals surface area contributed by atoms with Crippen molar-refractivity contribution in [3.63, 3.8) is 0 Å². The van der Waals surface area contributed by atoms with Crippen molar-refractivity contribution < 1.29 is 23.8 Å². The number of carbonyl (C=O) groups is 2. The van der Waals surface area contributed by atoms with E-state index < -0.39 is 12.1 Å². The Morgan fingerprint density at radius 1 is 1.20 bits per heavy atom. The Morgan fingerprint density at radius 2 is 1.92 bits per heavy atom. The van der Waals surface area contributed by atoms with Crippen LogP contribution in [0.2, 0.25) is 5.02 Å². The fourth-order valence-electron chi connectivity index (χ4n) is 3.02. The number of nitrogens with one attached hydrogen (secondary N) is 1. The van der Waals surface area contributed by atoms with Crippen molar-refractivity contribution in [1.82, 2.24) is 5.32 Å². The van der Waals surface area contributed by atoms with Crippen molar-refractivity contribution in [2.75, 3.05) is 13.2 Å². The first-order valence-corrected chi connectivity index (χ1v) is 9.03. The molecular weight excluding hydrogens is 346 g/mol. The number of ether oxygens (including phenoxy) is 3. The van der Waals surface area contributed by atoms with E-state index in [9.17, 15) is 9.59 Å². The summed E-state index contributed by atoms with van der Waals surface area (Å²) in [5.41, 5.74) is 0.231. The summed E-state index contributed by atoms with van der Waals surface area (Å²) in [5.74, 6) is -0.0462. The number of amides is 1. The number of hydrogen-bond donors (Lipinski definition) is 1. The number of fused-ring (bicyclic) bond motifs is 1. The molecule has 1 N–H and O–H groups in total. The third-order valence-electron chi connectivity index (χ3n) is 4.39. The SMILES string of the molecule is CC(OC(=O)c1cc(Cl)c2c(c1)OCCCO2)C(=O)NC1CCCC1. The van der Waals surface area contributed by atoms with Crippen LogP contribution >= 0.6 is 11.6 Å². The summed E-state index contributed by atoms with van der Waals surface area (Å²) in [5, 5.41) is 3.20. The van der Waals surface area contributed by atoms with Gasteiger partial charge in [0.1, 0.15) is 0 Å². The Labute approximate surface area is 151 Å². The lowest BCUT2D eigenvalue weighted by molar-refractivity contribution is -0.129. The number of halogens is 1. The molecule has 1 unspecified atom stereocenters. The molecule has 0 saturated heterocycles. The number of esters is 1. The van der Waals surface area contributed by atoms with Crippen molar-refractivity contribution in [3.8, 4) is 11.5 Å². The molecule has 1 saturated carbocycles. The first kappa shape index (κ1) is 17.9. The van der Waals surface area contributed by atoms with E-state index in [1.807, 2.05) is 0 Å². The van der Waals surface area contributed by atoms with E-state index in [-0.39, 0.29) is 22.5 Å². The summed E-state index contributed by atoms with van der Waals surface area (Å²) in [6.45, 7) is 2.56. The van der Waals surface area contributed by atoms with Crippen molar-refractivity contribution in [3.05, 3.63) is 22.7 Å². The summed E-state index contributed by atoms with van der Waals surface area (Å²) < 4.78 is 16.4. The molecule has 2 aliphatic rings. The molecule has 136 valence electrons. The number of carbonyl (C=O) groups excluding carboxylic acids is 2. The molecule has 1 heterocycles. The third-order valence-corrected chi connectivity index (χ3v) is 4.67. The standard InChI is InChI=1S/C18H22ClNO5/c1-11(17(21)20-13-5-2-3-6-13)25-18(22)12-9-14(19)16-15(10-12)23-7-4-8-24-16/h9-11,13H,2-8H2,1H3,(H,20,21). The van der Waals surface area contributed by atoms with Crippen molar-refractivity contribution in [1.29, 1.82) is 0 Å². The first-order chi connectivity index (χ1) is 12.0. The topological polar surface area (TPSA) is 73.9 Å². The zero-order chi connectivity index (χ0) is 17.8. The molecular formula is C18H22ClNO5. The minimum Gasteiger partial charge on any atom is -0.489 e. The smallest absolute Gasteiger partial charge is 0.339 e. The number of rotatable bonds is 4. The van der Waals surface area contributed by atoms with Crippen molar-refractivity contribution in [2.45, 2.75) is 51.2 Å². The van der Waals surface area contributed by atoms with Gasteiger partial charge in [-0.3, -0.25) is 4.79 Å². The van der Waals surface area contributed by atoms with Gasteiger partial charge in [0.25, 0.3) is 5.91 Å². The maximum atomic E-state index is 12.4. The largest absolute Gasteiger partial charge is 0.489 e. The molecule has 6 nitrogen and oxygen atoms in total. The summed E-state index contributed by atoms with van der Waals surface area (Å²) in [6, 6.07) is 3.19. The van der Waals surface area contributed by atoms with Gasteiger partial charge in [0, 0.05) is 12.5 Å². The van der Waals surface area contributed by atoms with Gasteiger partial charge < -0.3 is 19.5 Å². The quantitative estimate of drug-likeness (QED) is 0.828. The second kappa shape index (κ2) is 7.95. The van der Waals surface area contributed by atoms with Crippen LogP contribution in [0.25, 0.3) is 0 Å². The maximum absolute atomic E-state index is 12.4. The molecule has 7 heteroatoms. The van der Waals surface area contributed by atoms with E-state index in [0.29, 0.717) is 24.7 Å². The molecule has 0 spiro atoms. The molecule has 25 heavy (non-hydrogen) atoms. The van der Waals surface area contributed by atoms with Gasteiger partial charge in [-0.1, -0.05) is 24.4 Å². The average Bonchev–Trinajstić information content (AvgIpc) is 2.97. The molecule has 1 aliphatic heterocycles. The van der Waals surface area contributed by atoms with Crippen LogP contribution in [0.3, 0.4) is 0 Å². The highest BCUT2D eigenvalue weighted by atomic mass is 35.5. The second-order valence-corrected chi connectivity index (χ2v) is 6.78. The number of benzene rings is 1. The summed E-state index contributed by atoms with van der Waals surface area (Å²) >= 11 is 6.18. The van der Waals surface area contributed by atoms with Gasteiger partial charge in [-0.2, -0.15) is 0 Å². The highest BCUT2D eigenvalue weighted by molar-refractivity contribution is 6.32. The molecule has 1 aromatic rings. The molecule has 1 fully saturated rings. The summed E-state index contributed by atoms with van der Waals surface area (Å²) in [6.07, 6.45) is 4.06. The van der Waals surface area contributed by atoms with Gasteiger partial charge >= 0.3 is 5.97 Å². The van der Waals surface area contributed by atoms with Crippen LogP contribution < -0.4 is 14.8 Å². The van der Waals surface area contributed by atoms with Crippen LogP contribution in [0.15, 0.2) is 12.1 Å². The Kier molecular flexibility index (Phi) is 5.68. The Hall–Kier alpha value is -1.95. The Morgan fingerprint density at radius 3 is 2.68 bits per heavy atom. The van der Waals surface area contributed by atoms with Crippen LogP contribution in [0.1, 0.15) is 49.4 Å². The van der Waals surface area contributed by atoms with E-state index in [2.05, 4.69) is 5.32 Å². The highest BCUT2D eigenvalue weighted by Crippen LogP contribution is 2.38. The van der Waals surface area contributed by atoms with E-state index in [1.165, 1.54) is 12.1 Å². The second-order valence-electron chi connectivity index (χ2n) is 6.37. The molecule has 3 rings (SSSR count). The monoisotopic (exact) mass is 367 g/mol. The van der Waals surface area contributed by atoms with E-state index in [1.54, 1.807) is 6.92 Å². The summed E-state index contributed by atoms with van der Waals surface area (Å²) in [7, 11) is 0. The van der Waals surface area contributed by atoms with Gasteiger partial charge in [0.15, 0.2) is 17.6 Å². The fourth-order valence-corrected chi connectivity index (χ4v) is 3.28. The molecule has 1 aliphatic carbocycles. The molecule has 1 amide bonds. The predicted octanol–water partition coefficient (Wildman–Crippen LogP) is 3.11. The van der Waals surface area contributed by atoms with Crippen LogP contribution in [0.5, 0.6) is 11.5 Å². The van der Waals surface area contributed by atoms with Gasteiger partial charge in [-0.25, -0.2) is 4.79 Å². The van der Waals surface area contributed by atoms with Crippen LogP contribution in [0.4, 0.5) is 0 Å². The highest BCUT2D eigenvalue weighted by Gasteiger charge is 2.25. The fraction of sp³-hybridized carbons (Fsp3) is 0.556. The molecule has 0 radical (unpaired) electrons. The lowest BCUT2D eigenvalue weighted by Crippen LogP contribution is -2.40. The van der Waals surface area contributed by atoms with Gasteiger partial charge in [0.05, 0.1) is 23.8 Å². The van der Waals surface area contributed by atoms with Crippen LogP contribution in [-0.2, 0) is 9.53 Å². The molecule has 0 bridgehead atoms. The van der Waals surface area contributed by atoms with E-state index in [4.69, 9.17) is 25.8 Å².